The number of hydrogen-bond donors (Lipinski definition) is 2. The molecule has 1 heterocycles. The van der Waals surface area contributed by atoms with Crippen molar-refractivity contribution in [3.8, 4) is 11.8 Å². The van der Waals surface area contributed by atoms with Gasteiger partial charge in [-0.15, -0.1) is 0 Å². The summed E-state index contributed by atoms with van der Waals surface area (Å²) in [7, 11) is 0. The smallest absolute Gasteiger partial charge is 0.251 e. The number of aromatic nitrogens is 1. The molecular formula is C15H14N2O3. The average molecular weight is 270 g/mol. The van der Waals surface area contributed by atoms with Crippen molar-refractivity contribution in [1.82, 2.24) is 10.5 Å². The zero-order valence-electron chi connectivity index (χ0n) is 11.0. The second-order valence-corrected chi connectivity index (χ2v) is 4.11. The second kappa shape index (κ2) is 6.55. The minimum atomic E-state index is -0.206. The molecule has 0 aliphatic rings. The summed E-state index contributed by atoms with van der Waals surface area (Å²) in [5.41, 5.74) is 2.73. The Labute approximate surface area is 116 Å². The number of amides is 1. The number of carbonyl (C=O) groups excluding carboxylic acids is 1. The van der Waals surface area contributed by atoms with E-state index in [1.165, 1.54) is 6.26 Å². The molecule has 1 aromatic heterocycles. The molecule has 0 saturated carbocycles. The molecule has 0 unspecified atom stereocenters. The van der Waals surface area contributed by atoms with Crippen LogP contribution in [0, 0.1) is 18.8 Å². The first kappa shape index (κ1) is 13.8. The SMILES string of the molecule is Cc1c(C#CCO)cccc1C(=O)NCc1ccon1. The van der Waals surface area contributed by atoms with Gasteiger partial charge in [0.05, 0.1) is 6.54 Å². The minimum absolute atomic E-state index is 0.196. The van der Waals surface area contributed by atoms with E-state index in [1.807, 2.05) is 13.0 Å². The highest BCUT2D eigenvalue weighted by molar-refractivity contribution is 5.96. The zero-order valence-corrected chi connectivity index (χ0v) is 11.0. The van der Waals surface area contributed by atoms with E-state index in [2.05, 4.69) is 22.3 Å². The highest BCUT2D eigenvalue weighted by Gasteiger charge is 2.11. The first-order valence-corrected chi connectivity index (χ1v) is 6.09. The van der Waals surface area contributed by atoms with E-state index in [0.29, 0.717) is 17.8 Å². The lowest BCUT2D eigenvalue weighted by atomic mass is 10.0. The van der Waals surface area contributed by atoms with Gasteiger partial charge in [-0.05, 0) is 24.6 Å². The van der Waals surface area contributed by atoms with Crippen molar-refractivity contribution in [2.75, 3.05) is 6.61 Å². The van der Waals surface area contributed by atoms with Gasteiger partial charge in [0, 0.05) is 17.2 Å². The summed E-state index contributed by atoms with van der Waals surface area (Å²) in [6.45, 7) is 1.93. The van der Waals surface area contributed by atoms with Crippen molar-refractivity contribution in [2.45, 2.75) is 13.5 Å². The minimum Gasteiger partial charge on any atom is -0.384 e. The van der Waals surface area contributed by atoms with Crippen LogP contribution in [0.25, 0.3) is 0 Å². The van der Waals surface area contributed by atoms with Crippen LogP contribution in [0.4, 0.5) is 0 Å². The molecule has 0 bridgehead atoms. The maximum Gasteiger partial charge on any atom is 0.251 e. The Morgan fingerprint density at radius 2 is 2.30 bits per heavy atom. The van der Waals surface area contributed by atoms with E-state index in [4.69, 9.17) is 9.63 Å². The van der Waals surface area contributed by atoms with Crippen LogP contribution in [0.5, 0.6) is 0 Å². The molecule has 0 saturated heterocycles. The maximum absolute atomic E-state index is 12.1. The van der Waals surface area contributed by atoms with E-state index in [-0.39, 0.29) is 12.5 Å². The molecule has 0 aliphatic heterocycles. The van der Waals surface area contributed by atoms with Crippen molar-refractivity contribution in [1.29, 1.82) is 0 Å². The van der Waals surface area contributed by atoms with Crippen LogP contribution in [0.2, 0.25) is 0 Å². The first-order valence-electron chi connectivity index (χ1n) is 6.09. The van der Waals surface area contributed by atoms with E-state index < -0.39 is 0 Å². The van der Waals surface area contributed by atoms with Crippen LogP contribution >= 0.6 is 0 Å². The molecule has 0 radical (unpaired) electrons. The number of hydrogen-bond acceptors (Lipinski definition) is 4. The lowest BCUT2D eigenvalue weighted by Gasteiger charge is -2.07. The molecule has 102 valence electrons. The van der Waals surface area contributed by atoms with Crippen LogP contribution in [0.1, 0.15) is 27.2 Å². The fourth-order valence-electron chi connectivity index (χ4n) is 1.75. The van der Waals surface area contributed by atoms with Crippen molar-refractivity contribution in [2.24, 2.45) is 0 Å². The highest BCUT2D eigenvalue weighted by atomic mass is 16.5. The standard InChI is InChI=1S/C15H14N2O3/c1-11-12(5-3-8-18)4-2-6-14(11)15(19)16-10-13-7-9-20-17-13/h2,4,6-7,9,18H,8,10H2,1H3,(H,16,19). The number of aliphatic hydroxyl groups excluding tert-OH is 1. The van der Waals surface area contributed by atoms with Crippen molar-refractivity contribution in [3.05, 3.63) is 52.9 Å². The molecule has 2 N–H and O–H groups in total. The van der Waals surface area contributed by atoms with Gasteiger partial charge in [0.15, 0.2) is 0 Å². The number of rotatable bonds is 3. The normalized spacial score (nSPS) is 9.70. The molecule has 1 aromatic carbocycles. The molecular weight excluding hydrogens is 256 g/mol. The molecule has 2 aromatic rings. The van der Waals surface area contributed by atoms with Crippen LogP contribution in [0.3, 0.4) is 0 Å². The van der Waals surface area contributed by atoms with Gasteiger partial charge < -0.3 is 14.9 Å². The van der Waals surface area contributed by atoms with Crippen molar-refractivity contribution < 1.29 is 14.4 Å². The summed E-state index contributed by atoms with van der Waals surface area (Å²) in [5.74, 6) is 5.20. The summed E-state index contributed by atoms with van der Waals surface area (Å²) in [5, 5.41) is 15.2. The van der Waals surface area contributed by atoms with Crippen LogP contribution in [0.15, 0.2) is 35.1 Å². The molecule has 2 rings (SSSR count). The van der Waals surface area contributed by atoms with Gasteiger partial charge in [0.2, 0.25) is 0 Å². The Balaban J connectivity index is 2.13. The Morgan fingerprint density at radius 3 is 3.00 bits per heavy atom. The fraction of sp³-hybridized carbons (Fsp3) is 0.200. The topological polar surface area (TPSA) is 75.4 Å². The van der Waals surface area contributed by atoms with E-state index in [9.17, 15) is 4.79 Å². The summed E-state index contributed by atoms with van der Waals surface area (Å²) in [6, 6.07) is 7.00. The number of carbonyl (C=O) groups is 1. The van der Waals surface area contributed by atoms with Gasteiger partial charge in [-0.25, -0.2) is 0 Å². The molecule has 0 aliphatic carbocycles. The van der Waals surface area contributed by atoms with Crippen molar-refractivity contribution >= 4 is 5.91 Å². The lowest BCUT2D eigenvalue weighted by Crippen LogP contribution is -2.24. The molecule has 20 heavy (non-hydrogen) atoms. The summed E-state index contributed by atoms with van der Waals surface area (Å²) < 4.78 is 4.70. The van der Waals surface area contributed by atoms with E-state index in [0.717, 1.165) is 11.1 Å². The largest absolute Gasteiger partial charge is 0.384 e. The van der Waals surface area contributed by atoms with Crippen molar-refractivity contribution in [3.63, 3.8) is 0 Å². The maximum atomic E-state index is 12.1. The molecule has 5 nitrogen and oxygen atoms in total. The number of aliphatic hydroxyl groups is 1. The van der Waals surface area contributed by atoms with Gasteiger partial charge in [0.1, 0.15) is 18.6 Å². The molecule has 1 amide bonds. The molecule has 0 spiro atoms. The van der Waals surface area contributed by atoms with Gasteiger partial charge in [-0.3, -0.25) is 4.79 Å². The Hall–Kier alpha value is -2.58. The predicted molar refractivity (Wildman–Crippen MR) is 72.8 cm³/mol. The molecule has 0 atom stereocenters. The Kier molecular flexibility index (Phi) is 4.53. The third-order valence-electron chi connectivity index (χ3n) is 2.80. The van der Waals surface area contributed by atoms with E-state index in [1.54, 1.807) is 18.2 Å². The fourth-order valence-corrected chi connectivity index (χ4v) is 1.75. The first-order chi connectivity index (χ1) is 9.72. The molecule has 5 heteroatoms. The van der Waals surface area contributed by atoms with Gasteiger partial charge in [-0.2, -0.15) is 0 Å². The lowest BCUT2D eigenvalue weighted by molar-refractivity contribution is 0.0949. The number of nitrogens with zero attached hydrogens (tertiary/aromatic N) is 1. The monoisotopic (exact) mass is 270 g/mol. The Morgan fingerprint density at radius 1 is 1.45 bits per heavy atom. The quantitative estimate of drug-likeness (QED) is 0.823. The average Bonchev–Trinajstić information content (AvgIpc) is 2.97. The number of nitrogens with one attached hydrogen (secondary N) is 1. The van der Waals surface area contributed by atoms with E-state index >= 15 is 0 Å². The zero-order chi connectivity index (χ0) is 14.4. The van der Waals surface area contributed by atoms with Crippen LogP contribution in [-0.4, -0.2) is 22.8 Å². The van der Waals surface area contributed by atoms with Gasteiger partial charge in [-0.1, -0.05) is 23.1 Å². The third-order valence-corrected chi connectivity index (χ3v) is 2.80. The van der Waals surface area contributed by atoms with Crippen LogP contribution < -0.4 is 5.32 Å². The second-order valence-electron chi connectivity index (χ2n) is 4.11. The van der Waals surface area contributed by atoms with Crippen LogP contribution in [-0.2, 0) is 6.54 Å². The highest BCUT2D eigenvalue weighted by Crippen LogP contribution is 2.13. The summed E-state index contributed by atoms with van der Waals surface area (Å²) in [4.78, 5) is 12.1. The number of benzene rings is 1. The predicted octanol–water partition coefficient (Wildman–Crippen LogP) is 1.26. The summed E-state index contributed by atoms with van der Waals surface area (Å²) in [6.07, 6.45) is 1.46. The third kappa shape index (κ3) is 3.25. The van der Waals surface area contributed by atoms with Gasteiger partial charge in [0.25, 0.3) is 5.91 Å². The Bertz CT molecular complexity index is 651. The summed E-state index contributed by atoms with van der Waals surface area (Å²) >= 11 is 0. The molecule has 0 fully saturated rings. The van der Waals surface area contributed by atoms with Gasteiger partial charge >= 0.3 is 0 Å².